The third-order valence-electron chi connectivity index (χ3n) is 9.14. The molecule has 1 saturated heterocycles. The van der Waals surface area contributed by atoms with Gasteiger partial charge >= 0.3 is 6.03 Å². The van der Waals surface area contributed by atoms with Crippen LogP contribution in [0.15, 0.2) is 120 Å². The molecule has 2 amide bonds. The van der Waals surface area contributed by atoms with E-state index < -0.39 is 24.3 Å². The van der Waals surface area contributed by atoms with Crippen LogP contribution in [0.2, 0.25) is 0 Å². The number of hydrogen-bond acceptors (Lipinski definition) is 7. The summed E-state index contributed by atoms with van der Waals surface area (Å²) in [6.45, 7) is 4.12. The molecule has 0 spiro atoms. The van der Waals surface area contributed by atoms with Crippen molar-refractivity contribution in [2.24, 2.45) is 10.3 Å². The Morgan fingerprint density at radius 3 is 1.31 bits per heavy atom. The van der Waals surface area contributed by atoms with Crippen molar-refractivity contribution in [3.63, 3.8) is 0 Å². The number of nitrogens with zero attached hydrogens (tertiary/aromatic N) is 4. The van der Waals surface area contributed by atoms with Crippen molar-refractivity contribution in [3.8, 4) is 0 Å². The number of aliphatic hydroxyl groups excluding tert-OH is 2. The summed E-state index contributed by atoms with van der Waals surface area (Å²) in [6, 6.07) is 32.6. The second-order valence-electron chi connectivity index (χ2n) is 12.2. The molecule has 9 heteroatoms. The van der Waals surface area contributed by atoms with E-state index >= 15 is 4.79 Å². The molecule has 1 aliphatic heterocycles. The van der Waals surface area contributed by atoms with Gasteiger partial charge in [-0.2, -0.15) is 0 Å². The largest absolute Gasteiger partial charge is 0.411 e. The molecular formula is C39H44N4O5. The normalized spacial score (nSPS) is 20.5. The maximum Gasteiger partial charge on any atom is 0.321 e. The molecule has 4 N–H and O–H groups in total. The molecule has 1 fully saturated rings. The summed E-state index contributed by atoms with van der Waals surface area (Å²) < 4.78 is 0. The summed E-state index contributed by atoms with van der Waals surface area (Å²) in [5.41, 5.74) is 5.99. The molecule has 250 valence electrons. The molecule has 1 heterocycles. The summed E-state index contributed by atoms with van der Waals surface area (Å²) in [7, 11) is 0. The summed E-state index contributed by atoms with van der Waals surface area (Å²) >= 11 is 0. The molecule has 1 aliphatic rings. The molecule has 48 heavy (non-hydrogen) atoms. The monoisotopic (exact) mass is 648 g/mol. The maximum absolute atomic E-state index is 15.0. The zero-order chi connectivity index (χ0) is 34.0. The SMILES string of the molecule is CC/C(=N\O)c1cccc(CN2C(=O)N(Cc3cccc(/C(CC)=N/O)c3)[C@H](Cc3ccccc3)[C@H](O)[C@@H](O)[C@H]2Cc2ccccc2)c1. The number of carbonyl (C=O) groups is 1. The van der Waals surface area contributed by atoms with Crippen LogP contribution in [0.3, 0.4) is 0 Å². The van der Waals surface area contributed by atoms with Crippen molar-refractivity contribution in [1.29, 1.82) is 0 Å². The van der Waals surface area contributed by atoms with Crippen molar-refractivity contribution in [2.45, 2.75) is 76.9 Å². The molecule has 0 bridgehead atoms. The van der Waals surface area contributed by atoms with E-state index in [4.69, 9.17) is 0 Å². The molecule has 0 aromatic heterocycles. The van der Waals surface area contributed by atoms with Gasteiger partial charge in [-0.05, 0) is 71.2 Å². The van der Waals surface area contributed by atoms with E-state index in [1.54, 1.807) is 9.80 Å². The fourth-order valence-corrected chi connectivity index (χ4v) is 6.57. The van der Waals surface area contributed by atoms with Gasteiger partial charge in [0.2, 0.25) is 0 Å². The minimum absolute atomic E-state index is 0.155. The summed E-state index contributed by atoms with van der Waals surface area (Å²) in [5.74, 6) is 0. The lowest BCUT2D eigenvalue weighted by Gasteiger charge is -2.36. The molecule has 0 aliphatic carbocycles. The number of hydrogen-bond donors (Lipinski definition) is 4. The van der Waals surface area contributed by atoms with Gasteiger partial charge in [-0.25, -0.2) is 4.79 Å². The number of amides is 2. The highest BCUT2D eigenvalue weighted by Crippen LogP contribution is 2.30. The Balaban J connectivity index is 1.61. The lowest BCUT2D eigenvalue weighted by atomic mass is 9.90. The van der Waals surface area contributed by atoms with E-state index in [9.17, 15) is 20.6 Å². The second-order valence-corrected chi connectivity index (χ2v) is 12.2. The van der Waals surface area contributed by atoms with Gasteiger partial charge in [-0.15, -0.1) is 0 Å². The van der Waals surface area contributed by atoms with Crippen LogP contribution >= 0.6 is 0 Å². The molecule has 0 saturated carbocycles. The average Bonchev–Trinajstić information content (AvgIpc) is 3.18. The summed E-state index contributed by atoms with van der Waals surface area (Å²) in [4.78, 5) is 18.4. The van der Waals surface area contributed by atoms with Gasteiger partial charge in [0, 0.05) is 13.1 Å². The van der Waals surface area contributed by atoms with Gasteiger partial charge in [-0.1, -0.05) is 121 Å². The Morgan fingerprint density at radius 2 is 0.958 bits per heavy atom. The lowest BCUT2D eigenvalue weighted by Crippen LogP contribution is -2.50. The van der Waals surface area contributed by atoms with Crippen LogP contribution in [0.4, 0.5) is 4.79 Å². The Labute approximate surface area is 282 Å². The van der Waals surface area contributed by atoms with Crippen molar-refractivity contribution < 1.29 is 25.4 Å². The smallest absolute Gasteiger partial charge is 0.321 e. The summed E-state index contributed by atoms with van der Waals surface area (Å²) in [6.07, 6.45) is -0.812. The van der Waals surface area contributed by atoms with E-state index in [1.165, 1.54) is 0 Å². The van der Waals surface area contributed by atoms with Crippen LogP contribution in [-0.4, -0.2) is 72.2 Å². The fraction of sp³-hybridized carbons (Fsp3) is 0.308. The third-order valence-corrected chi connectivity index (χ3v) is 9.14. The minimum atomic E-state index is -1.26. The first kappa shape index (κ1) is 34.3. The molecule has 4 aromatic rings. The molecule has 0 radical (unpaired) electrons. The second kappa shape index (κ2) is 16.2. The van der Waals surface area contributed by atoms with Crippen LogP contribution in [-0.2, 0) is 25.9 Å². The first-order chi connectivity index (χ1) is 23.4. The van der Waals surface area contributed by atoms with Crippen molar-refractivity contribution >= 4 is 17.5 Å². The van der Waals surface area contributed by atoms with Gasteiger partial charge in [0.1, 0.15) is 12.2 Å². The predicted octanol–water partition coefficient (Wildman–Crippen LogP) is 6.25. The first-order valence-electron chi connectivity index (χ1n) is 16.5. The quantitative estimate of drug-likeness (QED) is 0.0821. The number of oxime groups is 2. The number of rotatable bonds is 12. The molecule has 5 rings (SSSR count). The third kappa shape index (κ3) is 7.93. The Morgan fingerprint density at radius 1 is 0.583 bits per heavy atom. The highest BCUT2D eigenvalue weighted by molar-refractivity contribution is 6.00. The molecule has 0 unspecified atom stereocenters. The maximum atomic E-state index is 15.0. The van der Waals surface area contributed by atoms with E-state index in [0.717, 1.165) is 33.4 Å². The first-order valence-corrected chi connectivity index (χ1v) is 16.5. The highest BCUT2D eigenvalue weighted by Gasteiger charge is 2.46. The lowest BCUT2D eigenvalue weighted by molar-refractivity contribution is -0.0408. The van der Waals surface area contributed by atoms with Crippen molar-refractivity contribution in [1.82, 2.24) is 9.80 Å². The van der Waals surface area contributed by atoms with Crippen molar-refractivity contribution in [3.05, 3.63) is 143 Å². The van der Waals surface area contributed by atoms with Gasteiger partial charge in [0.25, 0.3) is 0 Å². The molecule has 4 aromatic carbocycles. The van der Waals surface area contributed by atoms with Gasteiger partial charge in [0.05, 0.1) is 23.5 Å². The Kier molecular flexibility index (Phi) is 11.6. The zero-order valence-corrected chi connectivity index (χ0v) is 27.4. The van der Waals surface area contributed by atoms with Gasteiger partial charge < -0.3 is 30.4 Å². The van der Waals surface area contributed by atoms with E-state index in [0.29, 0.717) is 37.1 Å². The van der Waals surface area contributed by atoms with Gasteiger partial charge in [0.15, 0.2) is 0 Å². The predicted molar refractivity (Wildman–Crippen MR) is 186 cm³/mol. The van der Waals surface area contributed by atoms with E-state index in [2.05, 4.69) is 10.3 Å². The number of carbonyl (C=O) groups excluding carboxylic acids is 1. The topological polar surface area (TPSA) is 129 Å². The number of aliphatic hydroxyl groups is 2. The van der Waals surface area contributed by atoms with Crippen LogP contribution < -0.4 is 0 Å². The molecule has 4 atom stereocenters. The molecular weight excluding hydrogens is 604 g/mol. The Hall–Kier alpha value is -4.99. The standard InChI is InChI=1S/C39H44N4O5/c1-3-33(40-47)31-19-11-17-29(21-31)25-42-35(23-27-13-7-5-8-14-27)37(44)38(45)36(24-28-15-9-6-10-16-28)43(39(42)46)26-30-18-12-20-32(22-30)34(4-2)41-48/h5-22,35-38,44-45,47-48H,3-4,23-26H2,1-2H3/b40-33+,41-34+/t35-,36-,37+,38+/m1/s1. The zero-order valence-electron chi connectivity index (χ0n) is 27.4. The summed E-state index contributed by atoms with van der Waals surface area (Å²) in [5, 5.41) is 50.1. The minimum Gasteiger partial charge on any atom is -0.411 e. The highest BCUT2D eigenvalue weighted by atomic mass is 16.4. The van der Waals surface area contributed by atoms with E-state index in [-0.39, 0.29) is 19.1 Å². The van der Waals surface area contributed by atoms with Crippen molar-refractivity contribution in [2.75, 3.05) is 0 Å². The number of benzene rings is 4. The fourth-order valence-electron chi connectivity index (χ4n) is 6.57. The van der Waals surface area contributed by atoms with Gasteiger partial charge in [-0.3, -0.25) is 0 Å². The van der Waals surface area contributed by atoms with Crippen LogP contribution in [0.1, 0.15) is 60.1 Å². The van der Waals surface area contributed by atoms with Crippen LogP contribution in [0, 0.1) is 0 Å². The van der Waals surface area contributed by atoms with Crippen LogP contribution in [0.5, 0.6) is 0 Å². The van der Waals surface area contributed by atoms with E-state index in [1.807, 2.05) is 123 Å². The van der Waals surface area contributed by atoms with Crippen LogP contribution in [0.25, 0.3) is 0 Å². The Bertz CT molecular complexity index is 1590. The molecule has 9 nitrogen and oxygen atoms in total. The number of urea groups is 1. The average molecular weight is 649 g/mol.